The third-order valence-corrected chi connectivity index (χ3v) is 6.87. The van der Waals surface area contributed by atoms with E-state index in [2.05, 4.69) is 20.7 Å². The number of pyridine rings is 1. The van der Waals surface area contributed by atoms with E-state index in [-0.39, 0.29) is 13.0 Å². The molecule has 2 aliphatic rings. The van der Waals surface area contributed by atoms with Crippen LogP contribution < -0.4 is 20.3 Å². The first kappa shape index (κ1) is 28.9. The van der Waals surface area contributed by atoms with Crippen LogP contribution in [-0.2, 0) is 17.7 Å². The summed E-state index contributed by atoms with van der Waals surface area (Å²) in [6.07, 6.45) is 7.03. The molecule has 0 aromatic carbocycles. The number of halogens is 2. The van der Waals surface area contributed by atoms with Crippen LogP contribution in [-0.4, -0.2) is 71.0 Å². The molecule has 2 fully saturated rings. The Hall–Kier alpha value is -3.05. The van der Waals surface area contributed by atoms with Gasteiger partial charge in [0.1, 0.15) is 18.2 Å². The van der Waals surface area contributed by atoms with E-state index in [9.17, 15) is 8.78 Å². The molecular formula is C28H41F2N7O2. The van der Waals surface area contributed by atoms with Crippen molar-refractivity contribution in [2.75, 3.05) is 49.6 Å². The van der Waals surface area contributed by atoms with Gasteiger partial charge in [0.15, 0.2) is 5.65 Å². The van der Waals surface area contributed by atoms with Crippen molar-refractivity contribution in [3.63, 3.8) is 0 Å². The zero-order valence-electron chi connectivity index (χ0n) is 23.3. The van der Waals surface area contributed by atoms with Gasteiger partial charge in [0.25, 0.3) is 5.92 Å². The van der Waals surface area contributed by atoms with Crippen molar-refractivity contribution in [1.82, 2.24) is 24.9 Å². The van der Waals surface area contributed by atoms with Crippen molar-refractivity contribution in [2.24, 2.45) is 0 Å². The van der Waals surface area contributed by atoms with Gasteiger partial charge < -0.3 is 25.0 Å². The highest BCUT2D eigenvalue weighted by molar-refractivity contribution is 5.61. The molecule has 214 valence electrons. The SMILES string of the molecule is CC.CCc1cnn2c(NCc3ccc(OCCOC4CCNCC4)nc3)cc(N3CCCC(F)(F)C3)nc12. The van der Waals surface area contributed by atoms with Gasteiger partial charge >= 0.3 is 0 Å². The molecule has 0 saturated carbocycles. The van der Waals surface area contributed by atoms with Gasteiger partial charge in [-0.2, -0.15) is 9.61 Å². The number of nitrogens with zero attached hydrogens (tertiary/aromatic N) is 5. The molecule has 0 unspecified atom stereocenters. The second-order valence-electron chi connectivity index (χ2n) is 9.67. The van der Waals surface area contributed by atoms with Crippen LogP contribution in [0.5, 0.6) is 5.88 Å². The number of aryl methyl sites for hydroxylation is 1. The van der Waals surface area contributed by atoms with Crippen LogP contribution in [0.3, 0.4) is 0 Å². The summed E-state index contributed by atoms with van der Waals surface area (Å²) in [5.74, 6) is -0.915. The van der Waals surface area contributed by atoms with Gasteiger partial charge in [-0.15, -0.1) is 0 Å². The van der Waals surface area contributed by atoms with E-state index in [0.717, 1.165) is 43.5 Å². The van der Waals surface area contributed by atoms with E-state index >= 15 is 0 Å². The largest absolute Gasteiger partial charge is 0.475 e. The lowest BCUT2D eigenvalue weighted by Crippen LogP contribution is -2.43. The minimum atomic E-state index is -2.71. The molecule has 0 bridgehead atoms. The van der Waals surface area contributed by atoms with Gasteiger partial charge in [-0.05, 0) is 44.3 Å². The summed E-state index contributed by atoms with van der Waals surface area (Å²) >= 11 is 0. The lowest BCUT2D eigenvalue weighted by molar-refractivity contribution is -0.0118. The third kappa shape index (κ3) is 7.76. The molecule has 9 nitrogen and oxygen atoms in total. The van der Waals surface area contributed by atoms with Gasteiger partial charge in [-0.3, -0.25) is 0 Å². The molecule has 2 saturated heterocycles. The van der Waals surface area contributed by atoms with Crippen LogP contribution >= 0.6 is 0 Å². The number of aromatic nitrogens is 4. The second-order valence-corrected chi connectivity index (χ2v) is 9.67. The summed E-state index contributed by atoms with van der Waals surface area (Å²) in [4.78, 5) is 10.8. The number of piperidine rings is 2. The van der Waals surface area contributed by atoms with E-state index < -0.39 is 5.92 Å². The molecule has 39 heavy (non-hydrogen) atoms. The van der Waals surface area contributed by atoms with Gasteiger partial charge in [-0.1, -0.05) is 26.8 Å². The Morgan fingerprint density at radius 2 is 1.97 bits per heavy atom. The predicted molar refractivity (Wildman–Crippen MR) is 149 cm³/mol. The van der Waals surface area contributed by atoms with Gasteiger partial charge in [0.05, 0.1) is 25.5 Å². The fourth-order valence-electron chi connectivity index (χ4n) is 4.81. The molecule has 5 rings (SSSR count). The van der Waals surface area contributed by atoms with Crippen molar-refractivity contribution in [1.29, 1.82) is 0 Å². The van der Waals surface area contributed by atoms with Crippen molar-refractivity contribution < 1.29 is 18.3 Å². The minimum absolute atomic E-state index is 0.0816. The van der Waals surface area contributed by atoms with E-state index in [0.29, 0.717) is 62.0 Å². The minimum Gasteiger partial charge on any atom is -0.475 e. The smallest absolute Gasteiger partial charge is 0.265 e. The van der Waals surface area contributed by atoms with Crippen LogP contribution in [0, 0.1) is 0 Å². The normalized spacial score (nSPS) is 17.5. The molecule has 0 spiro atoms. The number of hydrogen-bond donors (Lipinski definition) is 2. The fourth-order valence-corrected chi connectivity index (χ4v) is 4.81. The number of ether oxygens (including phenoxy) is 2. The summed E-state index contributed by atoms with van der Waals surface area (Å²) in [5.41, 5.74) is 2.61. The van der Waals surface area contributed by atoms with Crippen LogP contribution in [0.4, 0.5) is 20.4 Å². The van der Waals surface area contributed by atoms with Crippen molar-refractivity contribution >= 4 is 17.3 Å². The van der Waals surface area contributed by atoms with E-state index in [1.807, 2.05) is 32.9 Å². The average molecular weight is 546 g/mol. The van der Waals surface area contributed by atoms with Gasteiger partial charge in [-0.25, -0.2) is 18.7 Å². The summed E-state index contributed by atoms with van der Waals surface area (Å²) in [7, 11) is 0. The molecule has 0 radical (unpaired) electrons. The molecule has 0 amide bonds. The number of alkyl halides is 2. The molecule has 3 aromatic rings. The van der Waals surface area contributed by atoms with Crippen molar-refractivity contribution in [3.05, 3.63) is 41.7 Å². The number of anilines is 2. The Morgan fingerprint density at radius 3 is 2.69 bits per heavy atom. The number of fused-ring (bicyclic) bond motifs is 1. The zero-order chi connectivity index (χ0) is 27.7. The third-order valence-electron chi connectivity index (χ3n) is 6.87. The highest BCUT2D eigenvalue weighted by Gasteiger charge is 2.36. The zero-order valence-corrected chi connectivity index (χ0v) is 23.3. The molecule has 0 aliphatic carbocycles. The lowest BCUT2D eigenvalue weighted by Gasteiger charge is -2.33. The van der Waals surface area contributed by atoms with E-state index in [1.54, 1.807) is 27.9 Å². The van der Waals surface area contributed by atoms with Gasteiger partial charge in [0, 0.05) is 43.4 Å². The quantitative estimate of drug-likeness (QED) is 0.354. The summed E-state index contributed by atoms with van der Waals surface area (Å²) in [6, 6.07) is 5.59. The lowest BCUT2D eigenvalue weighted by atomic mass is 10.1. The highest BCUT2D eigenvalue weighted by Crippen LogP contribution is 2.31. The molecule has 11 heteroatoms. The molecule has 2 N–H and O–H groups in total. The Balaban J connectivity index is 0.00000172. The Morgan fingerprint density at radius 1 is 1.15 bits per heavy atom. The number of rotatable bonds is 10. The van der Waals surface area contributed by atoms with Crippen LogP contribution in [0.25, 0.3) is 5.65 Å². The van der Waals surface area contributed by atoms with Crippen LogP contribution in [0.15, 0.2) is 30.6 Å². The molecule has 2 aliphatic heterocycles. The van der Waals surface area contributed by atoms with Crippen molar-refractivity contribution in [2.45, 2.75) is 71.4 Å². The standard InChI is InChI=1S/C26H35F2N7O2.C2H6/c1-2-20-17-32-35-22(14-23(33-25(20)35)34-11-3-8-26(27,28)18-34)30-15-19-4-5-24(31-16-19)37-13-12-36-21-6-9-29-10-7-21;1-2/h4-5,14,16-17,21,29-30H,2-3,6-13,15,18H2,1H3;1-2H3. The van der Waals surface area contributed by atoms with Crippen LogP contribution in [0.2, 0.25) is 0 Å². The Bertz CT molecular complexity index is 1170. The predicted octanol–water partition coefficient (Wildman–Crippen LogP) is 4.71. The highest BCUT2D eigenvalue weighted by atomic mass is 19.3. The summed E-state index contributed by atoms with van der Waals surface area (Å²) < 4.78 is 41.5. The Labute approximate surface area is 229 Å². The molecular weight excluding hydrogens is 504 g/mol. The Kier molecular flexibility index (Phi) is 10.3. The fraction of sp³-hybridized carbons (Fsp3) is 0.607. The number of nitrogens with one attached hydrogen (secondary N) is 2. The van der Waals surface area contributed by atoms with Crippen molar-refractivity contribution in [3.8, 4) is 5.88 Å². The van der Waals surface area contributed by atoms with E-state index in [1.165, 1.54) is 0 Å². The molecule has 3 aromatic heterocycles. The second kappa shape index (κ2) is 13.8. The van der Waals surface area contributed by atoms with Gasteiger partial charge in [0.2, 0.25) is 5.88 Å². The summed E-state index contributed by atoms with van der Waals surface area (Å²) in [6.45, 7) is 9.77. The van der Waals surface area contributed by atoms with Crippen LogP contribution in [0.1, 0.15) is 57.6 Å². The molecule has 5 heterocycles. The van der Waals surface area contributed by atoms with E-state index in [4.69, 9.17) is 14.5 Å². The maximum absolute atomic E-state index is 14.1. The average Bonchev–Trinajstić information content (AvgIpc) is 3.39. The first-order chi connectivity index (χ1) is 19.0. The maximum atomic E-state index is 14.1. The topological polar surface area (TPSA) is 88.8 Å². The monoisotopic (exact) mass is 545 g/mol. The number of hydrogen-bond acceptors (Lipinski definition) is 8. The first-order valence-corrected chi connectivity index (χ1v) is 14.1. The molecule has 0 atom stereocenters. The first-order valence-electron chi connectivity index (χ1n) is 14.1. The maximum Gasteiger partial charge on any atom is 0.265 e. The summed E-state index contributed by atoms with van der Waals surface area (Å²) in [5, 5.41) is 11.2.